The van der Waals surface area contributed by atoms with Crippen molar-refractivity contribution in [1.29, 1.82) is 0 Å². The van der Waals surface area contributed by atoms with Gasteiger partial charge in [-0.15, -0.1) is 0 Å². The van der Waals surface area contributed by atoms with Crippen molar-refractivity contribution in [2.75, 3.05) is 5.43 Å². The van der Waals surface area contributed by atoms with E-state index in [1.54, 1.807) is 6.07 Å². The van der Waals surface area contributed by atoms with Crippen LogP contribution in [0.15, 0.2) is 18.5 Å². The molecule has 5 N–H and O–H groups in total. The molecule has 5 nitrogen and oxygen atoms in total. The summed E-state index contributed by atoms with van der Waals surface area (Å²) in [6.45, 7) is 0. The van der Waals surface area contributed by atoms with Crippen LogP contribution >= 0.6 is 0 Å². The van der Waals surface area contributed by atoms with E-state index in [9.17, 15) is 4.79 Å². The van der Waals surface area contributed by atoms with E-state index < -0.39 is 5.91 Å². The molecule has 0 aliphatic carbocycles. The van der Waals surface area contributed by atoms with E-state index >= 15 is 0 Å². The van der Waals surface area contributed by atoms with Gasteiger partial charge in [-0.2, -0.15) is 0 Å². The molecule has 0 saturated carbocycles. The number of pyridine rings is 1. The van der Waals surface area contributed by atoms with Crippen LogP contribution in [0.1, 0.15) is 10.4 Å². The van der Waals surface area contributed by atoms with E-state index in [0.29, 0.717) is 5.69 Å². The molecule has 1 radical (unpaired) electrons. The second-order valence-corrected chi connectivity index (χ2v) is 1.93. The van der Waals surface area contributed by atoms with Crippen LogP contribution in [0.25, 0.3) is 0 Å². The number of aromatic nitrogens is 1. The fourth-order valence-corrected chi connectivity index (χ4v) is 0.717. The quantitative estimate of drug-likeness (QED) is 0.485. The number of nitrogens with zero attached hydrogens (tertiary/aromatic N) is 1. The van der Waals surface area contributed by atoms with Crippen molar-refractivity contribution in [2.45, 2.75) is 0 Å². The molecule has 1 amide bonds. The van der Waals surface area contributed by atoms with Gasteiger partial charge in [0, 0.05) is 32.5 Å². The maximum absolute atomic E-state index is 10.7. The molecule has 0 aliphatic rings. The van der Waals surface area contributed by atoms with Crippen LogP contribution in [-0.4, -0.2) is 10.9 Å². The summed E-state index contributed by atoms with van der Waals surface area (Å²) in [5, 5.41) is 0. The van der Waals surface area contributed by atoms with E-state index in [2.05, 4.69) is 10.4 Å². The molecule has 0 saturated heterocycles. The number of nitrogen functional groups attached to an aromatic ring is 1. The predicted octanol–water partition coefficient (Wildman–Crippen LogP) is -0.536. The molecule has 1 rings (SSSR count). The smallest absolute Gasteiger partial charge is 0.252 e. The third-order valence-corrected chi connectivity index (χ3v) is 1.24. The Morgan fingerprint density at radius 1 is 1.58 bits per heavy atom. The van der Waals surface area contributed by atoms with Gasteiger partial charge < -0.3 is 11.2 Å². The number of carbonyl (C=O) groups excluding carboxylic acids is 1. The van der Waals surface area contributed by atoms with Gasteiger partial charge in [0.25, 0.3) is 5.91 Å². The fourth-order valence-electron chi connectivity index (χ4n) is 0.717. The maximum atomic E-state index is 10.7. The molecule has 0 atom stereocenters. The molecule has 0 spiro atoms. The molecule has 0 aliphatic heterocycles. The number of anilines is 1. The van der Waals surface area contributed by atoms with Gasteiger partial charge in [-0.05, 0) is 6.07 Å². The van der Waals surface area contributed by atoms with Crippen molar-refractivity contribution < 1.29 is 24.9 Å². The zero-order chi connectivity index (χ0) is 8.27. The molecule has 0 unspecified atom stereocenters. The first-order chi connectivity index (χ1) is 5.25. The minimum absolute atomic E-state index is 0. The average molecular weight is 250 g/mol. The largest absolute Gasteiger partial charge is 0.365 e. The fraction of sp³-hybridized carbons (Fsp3) is 0. The molecule has 6 heteroatoms. The standard InChI is InChI=1S/C6H8N4O.Tc/c7-6(11)4-3-9-2-1-5(4)10-8;/h1-3H,8H2,(H2,7,11)(H,9,10);. The molecular formula is C6H8N4OTc. The summed E-state index contributed by atoms with van der Waals surface area (Å²) in [6, 6.07) is 1.57. The minimum Gasteiger partial charge on any atom is -0.365 e. The van der Waals surface area contributed by atoms with Crippen LogP contribution in [0.3, 0.4) is 0 Å². The summed E-state index contributed by atoms with van der Waals surface area (Å²) < 4.78 is 0. The van der Waals surface area contributed by atoms with Gasteiger partial charge in [-0.25, -0.2) is 0 Å². The Morgan fingerprint density at radius 3 is 2.67 bits per heavy atom. The monoisotopic (exact) mass is 249 g/mol. The number of carbonyl (C=O) groups is 1. The Bertz CT molecular complexity index is 278. The van der Waals surface area contributed by atoms with Crippen LogP contribution in [0.5, 0.6) is 0 Å². The Labute approximate surface area is 82.9 Å². The zero-order valence-electron chi connectivity index (χ0n) is 6.12. The van der Waals surface area contributed by atoms with E-state index in [1.165, 1.54) is 12.4 Å². The molecule has 12 heavy (non-hydrogen) atoms. The molecular weight excluding hydrogens is 242 g/mol. The van der Waals surface area contributed by atoms with Gasteiger partial charge in [-0.1, -0.05) is 0 Å². The molecule has 65 valence electrons. The van der Waals surface area contributed by atoms with Gasteiger partial charge >= 0.3 is 0 Å². The van der Waals surface area contributed by atoms with Gasteiger partial charge in [0.15, 0.2) is 0 Å². The Hall–Kier alpha value is -0.971. The van der Waals surface area contributed by atoms with Crippen molar-refractivity contribution in [3.05, 3.63) is 24.0 Å². The molecule has 0 bridgehead atoms. The second kappa shape index (κ2) is 4.82. The Balaban J connectivity index is 0.00000121. The van der Waals surface area contributed by atoms with E-state index in [0.717, 1.165) is 0 Å². The number of nitrogens with two attached hydrogens (primary N) is 2. The second-order valence-electron chi connectivity index (χ2n) is 1.93. The van der Waals surface area contributed by atoms with E-state index in [4.69, 9.17) is 11.6 Å². The van der Waals surface area contributed by atoms with Crippen molar-refractivity contribution in [2.24, 2.45) is 11.6 Å². The number of hydrogen-bond acceptors (Lipinski definition) is 4. The van der Waals surface area contributed by atoms with Crippen LogP contribution in [-0.2, 0) is 20.1 Å². The number of nitrogens with one attached hydrogen (secondary N) is 1. The molecule has 0 aromatic carbocycles. The maximum Gasteiger partial charge on any atom is 0.252 e. The van der Waals surface area contributed by atoms with Gasteiger partial charge in [-0.3, -0.25) is 15.6 Å². The van der Waals surface area contributed by atoms with Crippen molar-refractivity contribution in [3.8, 4) is 0 Å². The molecule has 1 heterocycles. The van der Waals surface area contributed by atoms with E-state index in [-0.39, 0.29) is 25.7 Å². The SMILES string of the molecule is NNc1ccncc1C(N)=O.[Tc]. The van der Waals surface area contributed by atoms with Gasteiger partial charge in [0.1, 0.15) is 0 Å². The van der Waals surface area contributed by atoms with Crippen LogP contribution in [0.4, 0.5) is 5.69 Å². The summed E-state index contributed by atoms with van der Waals surface area (Å²) in [5.41, 5.74) is 8.12. The van der Waals surface area contributed by atoms with E-state index in [1.807, 2.05) is 0 Å². The first-order valence-electron chi connectivity index (χ1n) is 2.96. The molecule has 0 fully saturated rings. The first kappa shape index (κ1) is 11.0. The Kier molecular flexibility index (Phi) is 4.43. The summed E-state index contributed by atoms with van der Waals surface area (Å²) >= 11 is 0. The zero-order valence-corrected chi connectivity index (χ0v) is 7.98. The summed E-state index contributed by atoms with van der Waals surface area (Å²) in [7, 11) is 0. The topological polar surface area (TPSA) is 94.0 Å². The Morgan fingerprint density at radius 2 is 2.25 bits per heavy atom. The number of rotatable bonds is 2. The summed E-state index contributed by atoms with van der Waals surface area (Å²) in [5.74, 6) is 4.55. The van der Waals surface area contributed by atoms with Crippen molar-refractivity contribution in [3.63, 3.8) is 0 Å². The first-order valence-corrected chi connectivity index (χ1v) is 2.96. The number of hydrazine groups is 1. The number of amides is 1. The minimum atomic E-state index is -0.550. The van der Waals surface area contributed by atoms with Crippen molar-refractivity contribution >= 4 is 11.6 Å². The summed E-state index contributed by atoms with van der Waals surface area (Å²) in [4.78, 5) is 14.4. The molecule has 1 aromatic rings. The van der Waals surface area contributed by atoms with Crippen LogP contribution < -0.4 is 17.0 Å². The number of hydrogen-bond donors (Lipinski definition) is 3. The van der Waals surface area contributed by atoms with Crippen LogP contribution in [0, 0.1) is 0 Å². The van der Waals surface area contributed by atoms with Crippen LogP contribution in [0.2, 0.25) is 0 Å². The third kappa shape index (κ3) is 2.27. The van der Waals surface area contributed by atoms with Gasteiger partial charge in [0.05, 0.1) is 11.3 Å². The summed E-state index contributed by atoms with van der Waals surface area (Å²) in [6.07, 6.45) is 2.87. The van der Waals surface area contributed by atoms with Gasteiger partial charge in [0.2, 0.25) is 0 Å². The average Bonchev–Trinajstić information content (AvgIpc) is 2.04. The molecule has 1 aromatic heterocycles. The number of primary amides is 1. The third-order valence-electron chi connectivity index (χ3n) is 1.24. The van der Waals surface area contributed by atoms with Crippen molar-refractivity contribution in [1.82, 2.24) is 4.98 Å². The predicted molar refractivity (Wildman–Crippen MR) is 40.6 cm³/mol. The normalized spacial score (nSPS) is 8.42.